The zero-order chi connectivity index (χ0) is 28.7. The Bertz CT molecular complexity index is 1330. The lowest BCUT2D eigenvalue weighted by atomic mass is 9.70. The molecule has 1 aromatic carbocycles. The molecule has 11 heteroatoms. The third kappa shape index (κ3) is 5.36. The number of ketones is 1. The molecule has 0 spiro atoms. The highest BCUT2D eigenvalue weighted by atomic mass is 32.2. The molecule has 2 heterocycles. The largest absolute Gasteiger partial charge is 0.322 e. The molecule has 1 unspecified atom stereocenters. The number of piperidine rings is 1. The Morgan fingerprint density at radius 2 is 1.85 bits per heavy atom. The predicted octanol–water partition coefficient (Wildman–Crippen LogP) is 3.41. The molecule has 2 aliphatic carbocycles. The summed E-state index contributed by atoms with van der Waals surface area (Å²) in [7, 11) is -3.52. The first-order chi connectivity index (χ1) is 18.9. The maximum Gasteiger partial charge on any atom is 0.255 e. The summed E-state index contributed by atoms with van der Waals surface area (Å²) in [4.78, 5) is 52.1. The van der Waals surface area contributed by atoms with E-state index >= 15 is 0 Å². The van der Waals surface area contributed by atoms with Gasteiger partial charge in [0.15, 0.2) is 0 Å². The predicted molar refractivity (Wildman–Crippen MR) is 152 cm³/mol. The summed E-state index contributed by atoms with van der Waals surface area (Å²) in [5.74, 6) is 0.331. The van der Waals surface area contributed by atoms with E-state index in [1.165, 1.54) is 0 Å². The Morgan fingerprint density at radius 1 is 1.07 bits per heavy atom. The van der Waals surface area contributed by atoms with E-state index in [0.717, 1.165) is 48.3 Å². The second-order valence-corrected chi connectivity index (χ2v) is 15.2. The molecule has 4 aliphatic rings. The number of hydrogen-bond acceptors (Lipinski definition) is 7. The molecule has 5 rings (SSSR count). The fraction of sp³-hybridized carbons (Fsp3) is 0.655. The Balaban J connectivity index is 1.03. The van der Waals surface area contributed by atoms with Gasteiger partial charge in [-0.2, -0.15) is 0 Å². The summed E-state index contributed by atoms with van der Waals surface area (Å²) < 4.78 is 28.4. The zero-order valence-electron chi connectivity index (χ0n) is 23.3. The van der Waals surface area contributed by atoms with Crippen LogP contribution in [0.3, 0.4) is 0 Å². The molecule has 1 aromatic rings. The minimum atomic E-state index is -3.52. The first kappa shape index (κ1) is 29.3. The van der Waals surface area contributed by atoms with Crippen molar-refractivity contribution in [2.24, 2.45) is 16.7 Å². The quantitative estimate of drug-likeness (QED) is 0.217. The van der Waals surface area contributed by atoms with Gasteiger partial charge >= 0.3 is 0 Å². The summed E-state index contributed by atoms with van der Waals surface area (Å²) in [6, 6.07) is 5.04. The summed E-state index contributed by atoms with van der Waals surface area (Å²) in [6.07, 6.45) is 6.27. The maximum atomic E-state index is 13.0. The minimum absolute atomic E-state index is 0.0934. The summed E-state index contributed by atoms with van der Waals surface area (Å²) in [5.41, 5.74) is 0.569. The number of thioether (sulfide) groups is 1. The molecule has 0 radical (unpaired) electrons. The minimum Gasteiger partial charge on any atom is -0.322 e. The Morgan fingerprint density at radius 3 is 2.55 bits per heavy atom. The topological polar surface area (TPSA) is 130 Å². The normalized spacial score (nSPS) is 27.4. The van der Waals surface area contributed by atoms with Crippen LogP contribution in [0.5, 0.6) is 0 Å². The van der Waals surface area contributed by atoms with Crippen molar-refractivity contribution in [3.8, 4) is 0 Å². The monoisotopic (exact) mass is 589 g/mol. The van der Waals surface area contributed by atoms with Crippen molar-refractivity contribution in [1.29, 1.82) is 0 Å². The van der Waals surface area contributed by atoms with Crippen molar-refractivity contribution >= 4 is 45.3 Å². The van der Waals surface area contributed by atoms with Crippen LogP contribution < -0.4 is 10.0 Å². The number of amides is 3. The molecule has 2 bridgehead atoms. The molecule has 3 atom stereocenters. The maximum absolute atomic E-state index is 13.0. The number of nitrogens with zero attached hydrogens (tertiary/aromatic N) is 1. The number of nitrogens with one attached hydrogen (secondary N) is 2. The number of unbranched alkanes of at least 4 members (excludes halogenated alkanes) is 3. The summed E-state index contributed by atoms with van der Waals surface area (Å²) >= 11 is 1.69. The van der Waals surface area contributed by atoms with E-state index in [1.807, 2.05) is 12.1 Å². The Labute approximate surface area is 240 Å². The van der Waals surface area contributed by atoms with Crippen molar-refractivity contribution in [1.82, 2.24) is 14.9 Å². The molecular weight excluding hydrogens is 550 g/mol. The van der Waals surface area contributed by atoms with Crippen molar-refractivity contribution in [2.75, 3.05) is 18.1 Å². The number of rotatable bonds is 12. The molecule has 2 saturated carbocycles. The number of fused-ring (bicyclic) bond motifs is 3. The van der Waals surface area contributed by atoms with Crippen LogP contribution in [0.15, 0.2) is 23.1 Å². The van der Waals surface area contributed by atoms with Crippen LogP contribution in [0.2, 0.25) is 0 Å². The average molecular weight is 590 g/mol. The number of benzene rings is 1. The van der Waals surface area contributed by atoms with Crippen LogP contribution in [0, 0.1) is 16.7 Å². The average Bonchev–Trinajstić information content (AvgIpc) is 3.41. The molecular formula is C29H39N3O6S2. The Hall–Kier alpha value is -2.24. The number of hydrogen-bond donors (Lipinski definition) is 2. The van der Waals surface area contributed by atoms with E-state index in [1.54, 1.807) is 22.7 Å². The van der Waals surface area contributed by atoms with E-state index in [-0.39, 0.29) is 35.2 Å². The molecule has 0 aromatic heterocycles. The van der Waals surface area contributed by atoms with E-state index in [0.29, 0.717) is 43.8 Å². The van der Waals surface area contributed by atoms with Crippen LogP contribution in [0.4, 0.5) is 0 Å². The number of carbonyl (C=O) groups is 4. The van der Waals surface area contributed by atoms with Gasteiger partial charge in [0.2, 0.25) is 21.8 Å². The summed E-state index contributed by atoms with van der Waals surface area (Å²) in [5, 5.41) is 2.34. The van der Waals surface area contributed by atoms with Gasteiger partial charge < -0.3 is 4.90 Å². The standard InChI is InChI=1S/C29H39N3O6S2/c1-28(2)19-12-13-29(28,24(33)16-19)18-40(37,38)30-14-5-3-4-6-15-39-23-9-7-8-20-21(23)17-32(27(20)36)22-10-11-25(34)31-26(22)35/h7-9,19,22,30H,3-6,10-18H2,1-2H3,(H,31,34,35)/t19-,22?,29-/m0/s1. The SMILES string of the molecule is CC1(C)[C@H]2CC[C@]1(CS(=O)(=O)NCCCCCCSc1cccc3c1CN(C1CCC(=O)NC1=O)C3=O)C(=O)C2. The van der Waals surface area contributed by atoms with Crippen molar-refractivity contribution in [2.45, 2.75) is 89.1 Å². The van der Waals surface area contributed by atoms with Gasteiger partial charge in [-0.1, -0.05) is 32.8 Å². The molecule has 3 amide bonds. The second-order valence-electron chi connectivity index (χ2n) is 12.3. The van der Waals surface area contributed by atoms with Crippen LogP contribution >= 0.6 is 11.8 Å². The molecule has 218 valence electrons. The molecule has 40 heavy (non-hydrogen) atoms. The first-order valence-corrected chi connectivity index (χ1v) is 17.0. The van der Waals surface area contributed by atoms with E-state index in [9.17, 15) is 27.6 Å². The molecule has 2 N–H and O–H groups in total. The fourth-order valence-electron chi connectivity index (χ4n) is 7.17. The first-order valence-electron chi connectivity index (χ1n) is 14.4. The number of sulfonamides is 1. The van der Waals surface area contributed by atoms with Gasteiger partial charge in [-0.3, -0.25) is 24.5 Å². The van der Waals surface area contributed by atoms with Gasteiger partial charge in [-0.05, 0) is 66.9 Å². The van der Waals surface area contributed by atoms with Gasteiger partial charge in [0.25, 0.3) is 5.91 Å². The van der Waals surface area contributed by atoms with E-state index < -0.39 is 27.4 Å². The Kier molecular flexibility index (Phi) is 8.20. The van der Waals surface area contributed by atoms with Crippen LogP contribution in [-0.4, -0.2) is 60.9 Å². The van der Waals surface area contributed by atoms with Gasteiger partial charge in [0.05, 0.1) is 5.75 Å². The molecule has 3 fully saturated rings. The van der Waals surface area contributed by atoms with E-state index in [2.05, 4.69) is 23.9 Å². The number of Topliss-reactive ketones (excluding diaryl/α,β-unsaturated/α-hetero) is 1. The summed E-state index contributed by atoms with van der Waals surface area (Å²) in [6.45, 7) is 4.86. The van der Waals surface area contributed by atoms with Crippen LogP contribution in [0.1, 0.15) is 87.6 Å². The smallest absolute Gasteiger partial charge is 0.255 e. The molecule has 2 aliphatic heterocycles. The molecule has 9 nitrogen and oxygen atoms in total. The highest BCUT2D eigenvalue weighted by Gasteiger charge is 2.65. The lowest BCUT2D eigenvalue weighted by Crippen LogP contribution is -2.52. The van der Waals surface area contributed by atoms with Gasteiger partial charge in [-0.25, -0.2) is 13.1 Å². The third-order valence-corrected chi connectivity index (χ3v) is 12.5. The van der Waals surface area contributed by atoms with E-state index in [4.69, 9.17) is 0 Å². The van der Waals surface area contributed by atoms with Crippen molar-refractivity contribution in [3.63, 3.8) is 0 Å². The number of carbonyl (C=O) groups excluding carboxylic acids is 4. The van der Waals surface area contributed by atoms with Gasteiger partial charge in [-0.15, -0.1) is 11.8 Å². The van der Waals surface area contributed by atoms with Gasteiger partial charge in [0.1, 0.15) is 11.8 Å². The van der Waals surface area contributed by atoms with Crippen LogP contribution in [-0.2, 0) is 31.0 Å². The highest BCUT2D eigenvalue weighted by Crippen LogP contribution is 2.64. The lowest BCUT2D eigenvalue weighted by Gasteiger charge is -2.36. The zero-order valence-corrected chi connectivity index (χ0v) is 24.9. The van der Waals surface area contributed by atoms with Crippen molar-refractivity contribution in [3.05, 3.63) is 29.3 Å². The molecule has 1 saturated heterocycles. The van der Waals surface area contributed by atoms with Crippen LogP contribution in [0.25, 0.3) is 0 Å². The third-order valence-electron chi connectivity index (χ3n) is 9.77. The highest BCUT2D eigenvalue weighted by molar-refractivity contribution is 7.99. The van der Waals surface area contributed by atoms with Gasteiger partial charge in [0, 0.05) is 41.8 Å². The number of imide groups is 1. The fourth-order valence-corrected chi connectivity index (χ4v) is 10.1. The lowest BCUT2D eigenvalue weighted by molar-refractivity contribution is -0.137. The second kappa shape index (κ2) is 11.2. The van der Waals surface area contributed by atoms with Crippen molar-refractivity contribution < 1.29 is 27.6 Å².